The molecule has 0 radical (unpaired) electrons. The summed E-state index contributed by atoms with van der Waals surface area (Å²) in [5.41, 5.74) is -1.20. The first-order valence-electron chi connectivity index (χ1n) is 12.0. The van der Waals surface area contributed by atoms with Gasteiger partial charge in [-0.3, -0.25) is 0 Å². The van der Waals surface area contributed by atoms with Crippen molar-refractivity contribution in [2.45, 2.75) is 136 Å². The summed E-state index contributed by atoms with van der Waals surface area (Å²) in [6.07, 6.45) is 0.813. The Bertz CT molecular complexity index is 475. The van der Waals surface area contributed by atoms with Crippen LogP contribution in [-0.2, 0) is 18.2 Å². The van der Waals surface area contributed by atoms with Gasteiger partial charge in [0.1, 0.15) is 0 Å². The molecule has 0 aromatic rings. The highest BCUT2D eigenvalue weighted by Crippen LogP contribution is 2.43. The van der Waals surface area contributed by atoms with E-state index in [1.165, 1.54) is 18.1 Å². The Morgan fingerprint density at radius 3 is 1.45 bits per heavy atom. The molecule has 0 amide bonds. The second-order valence-corrected chi connectivity index (χ2v) is 19.6. The summed E-state index contributed by atoms with van der Waals surface area (Å²) in [7, 11) is -3.83. The predicted molar refractivity (Wildman–Crippen MR) is 131 cm³/mol. The quantitative estimate of drug-likeness (QED) is 0.292. The van der Waals surface area contributed by atoms with Gasteiger partial charge in [-0.25, -0.2) is 0 Å². The zero-order valence-electron chi connectivity index (χ0n) is 21.4. The Morgan fingerprint density at radius 1 is 0.724 bits per heavy atom. The van der Waals surface area contributed by atoms with Crippen LogP contribution in [0.4, 0.5) is 0 Å². The minimum Gasteiger partial charge on any atom is -0.417 e. The van der Waals surface area contributed by atoms with Gasteiger partial charge in [0.25, 0.3) is 0 Å². The maximum atomic E-state index is 7.08. The first-order valence-corrected chi connectivity index (χ1v) is 17.1. The van der Waals surface area contributed by atoms with E-state index in [0.717, 1.165) is 31.2 Å². The van der Waals surface area contributed by atoms with Crippen LogP contribution in [-0.4, -0.2) is 47.1 Å². The van der Waals surface area contributed by atoms with Crippen LogP contribution in [0.5, 0.6) is 0 Å². The van der Waals surface area contributed by atoms with Crippen molar-refractivity contribution in [1.82, 2.24) is 0 Å². The first kappa shape index (κ1) is 27.4. The average Bonchev–Trinajstić information content (AvgIpc) is 2.92. The fraction of sp³-hybridized carbons (Fsp3) is 1.00. The van der Waals surface area contributed by atoms with Gasteiger partial charge in [-0.2, -0.15) is 0 Å². The smallest absolute Gasteiger partial charge is 0.417 e. The van der Waals surface area contributed by atoms with Crippen LogP contribution >= 0.6 is 0 Å². The second-order valence-electron chi connectivity index (χ2n) is 10.1. The van der Waals surface area contributed by atoms with Crippen molar-refractivity contribution >= 4 is 23.8 Å². The molecule has 1 heterocycles. The van der Waals surface area contributed by atoms with Crippen molar-refractivity contribution in [3.8, 4) is 0 Å². The number of hydrogen-bond acceptors (Lipinski definition) is 4. The van der Waals surface area contributed by atoms with Crippen LogP contribution in [0.3, 0.4) is 0 Å². The van der Waals surface area contributed by atoms with Crippen LogP contribution in [0, 0.1) is 0 Å². The van der Waals surface area contributed by atoms with Crippen LogP contribution in [0.25, 0.3) is 0 Å². The van der Waals surface area contributed by atoms with Crippen molar-refractivity contribution < 1.29 is 18.2 Å². The lowest BCUT2D eigenvalue weighted by Gasteiger charge is -2.42. The van der Waals surface area contributed by atoms with Gasteiger partial charge in [-0.05, 0) is 77.3 Å². The van der Waals surface area contributed by atoms with E-state index in [1.54, 1.807) is 0 Å². The summed E-state index contributed by atoms with van der Waals surface area (Å²) in [6, 6.07) is 6.87. The third-order valence-corrected chi connectivity index (χ3v) is 17.5. The van der Waals surface area contributed by atoms with E-state index < -0.39 is 22.1 Å². The van der Waals surface area contributed by atoms with E-state index in [1.807, 2.05) is 0 Å². The molecular formula is C22H49BO4Si2. The summed E-state index contributed by atoms with van der Waals surface area (Å²) in [6.45, 7) is 25.1. The Morgan fingerprint density at radius 2 is 1.10 bits per heavy atom. The summed E-state index contributed by atoms with van der Waals surface area (Å²) in [5, 5.41) is 0. The lowest BCUT2D eigenvalue weighted by Crippen LogP contribution is -2.56. The third kappa shape index (κ3) is 5.98. The van der Waals surface area contributed by atoms with Gasteiger partial charge in [-0.15, -0.1) is 0 Å². The van der Waals surface area contributed by atoms with E-state index >= 15 is 0 Å². The van der Waals surface area contributed by atoms with E-state index in [-0.39, 0.29) is 18.3 Å². The molecule has 172 valence electrons. The zero-order valence-corrected chi connectivity index (χ0v) is 23.4. The molecule has 4 nitrogen and oxygen atoms in total. The molecule has 1 atom stereocenters. The van der Waals surface area contributed by atoms with Crippen LogP contribution < -0.4 is 0 Å². The van der Waals surface area contributed by atoms with Gasteiger partial charge in [0, 0.05) is 6.61 Å². The summed E-state index contributed by atoms with van der Waals surface area (Å²) < 4.78 is 26.7. The van der Waals surface area contributed by atoms with Gasteiger partial charge in [-0.1, -0.05) is 41.5 Å². The van der Waals surface area contributed by atoms with Gasteiger partial charge in [0.15, 0.2) is 16.6 Å². The molecule has 0 bridgehead atoms. The van der Waals surface area contributed by atoms with Crippen LogP contribution in [0.15, 0.2) is 0 Å². The van der Waals surface area contributed by atoms with E-state index in [4.69, 9.17) is 18.2 Å². The molecule has 1 saturated heterocycles. The monoisotopic (exact) mass is 444 g/mol. The van der Waals surface area contributed by atoms with Crippen molar-refractivity contribution in [1.29, 1.82) is 0 Å². The normalized spacial score (nSPS) is 21.4. The fourth-order valence-electron chi connectivity index (χ4n) is 4.30. The molecule has 1 unspecified atom stereocenters. The van der Waals surface area contributed by atoms with Crippen molar-refractivity contribution in [2.24, 2.45) is 0 Å². The number of rotatable bonds is 13. The summed E-state index contributed by atoms with van der Waals surface area (Å²) in [5.74, 6) is 0. The molecule has 29 heavy (non-hydrogen) atoms. The molecular weight excluding hydrogens is 395 g/mol. The topological polar surface area (TPSA) is 36.9 Å². The molecule has 1 aliphatic heterocycles. The minimum atomic E-state index is -1.84. The molecule has 0 saturated carbocycles. The highest BCUT2D eigenvalue weighted by atomic mass is 28.4. The maximum absolute atomic E-state index is 7.08. The lowest BCUT2D eigenvalue weighted by molar-refractivity contribution is 0.00578. The predicted octanol–water partition coefficient (Wildman–Crippen LogP) is 6.81. The largest absolute Gasteiger partial charge is 0.490 e. The van der Waals surface area contributed by atoms with Gasteiger partial charge in [0.2, 0.25) is 0 Å². The average molecular weight is 445 g/mol. The highest BCUT2D eigenvalue weighted by Gasteiger charge is 2.60. The van der Waals surface area contributed by atoms with E-state index in [9.17, 15) is 0 Å². The molecule has 1 rings (SSSR count). The highest BCUT2D eigenvalue weighted by molar-refractivity contribution is 6.74. The molecule has 0 aromatic carbocycles. The Balaban J connectivity index is 3.12. The molecule has 0 N–H and O–H groups in total. The molecule has 0 aliphatic carbocycles. The molecule has 0 spiro atoms. The Kier molecular flexibility index (Phi) is 9.73. The fourth-order valence-corrected chi connectivity index (χ4v) is 10.1. The Labute approximate surface area is 184 Å². The van der Waals surface area contributed by atoms with E-state index in [2.05, 4.69) is 76.2 Å². The van der Waals surface area contributed by atoms with Crippen molar-refractivity contribution in [2.75, 3.05) is 6.61 Å². The SMILES string of the molecule is CC[Si](CC)(CC)OCCC(C)(O[Si](CC)(CC)CC)B1OC(C)(C)C(C)(C)O1. The van der Waals surface area contributed by atoms with Gasteiger partial charge >= 0.3 is 7.12 Å². The Hall–Kier alpha value is 0.339. The van der Waals surface area contributed by atoms with Crippen molar-refractivity contribution in [3.63, 3.8) is 0 Å². The maximum Gasteiger partial charge on any atom is 0.490 e. The molecule has 7 heteroatoms. The lowest BCUT2D eigenvalue weighted by atomic mass is 9.66. The minimum absolute atomic E-state index is 0.354. The van der Waals surface area contributed by atoms with Crippen molar-refractivity contribution in [3.05, 3.63) is 0 Å². The van der Waals surface area contributed by atoms with E-state index in [0.29, 0.717) is 0 Å². The molecule has 1 aliphatic rings. The summed E-state index contributed by atoms with van der Waals surface area (Å²) >= 11 is 0. The van der Waals surface area contributed by atoms with Crippen LogP contribution in [0.1, 0.15) is 82.6 Å². The molecule has 0 aromatic heterocycles. The standard InChI is InChI=1S/C22H49BO4Si2/c1-12-28(13-2,14-3)24-19-18-22(11,27-29(15-4,16-5)17-6)23-25-20(7,8)21(9,10)26-23/h12-19H2,1-11H3. The number of hydrogen-bond donors (Lipinski definition) is 0. The van der Waals surface area contributed by atoms with Gasteiger partial charge in [0.05, 0.1) is 16.7 Å². The summed E-state index contributed by atoms with van der Waals surface area (Å²) in [4.78, 5) is 0. The van der Waals surface area contributed by atoms with Crippen LogP contribution in [0.2, 0.25) is 36.3 Å². The second kappa shape index (κ2) is 10.3. The molecule has 1 fully saturated rings. The first-order chi connectivity index (χ1) is 13.3. The zero-order chi connectivity index (χ0) is 22.6. The third-order valence-electron chi connectivity index (χ3n) is 8.07. The van der Waals surface area contributed by atoms with Gasteiger partial charge < -0.3 is 18.2 Å².